The predicted molar refractivity (Wildman–Crippen MR) is 57.5 cm³/mol. The van der Waals surface area contributed by atoms with Crippen molar-refractivity contribution in [2.75, 3.05) is 5.32 Å². The number of nitrogens with one attached hydrogen (secondary N) is 1. The summed E-state index contributed by atoms with van der Waals surface area (Å²) in [5.41, 5.74) is -2.01. The number of carboxylic acids is 1. The van der Waals surface area contributed by atoms with Crippen LogP contribution in [0.4, 0.5) is 19.0 Å². The zero-order chi connectivity index (χ0) is 13.3. The van der Waals surface area contributed by atoms with Gasteiger partial charge >= 0.3 is 12.1 Å². The van der Waals surface area contributed by atoms with Crippen molar-refractivity contribution in [2.45, 2.75) is 31.5 Å². The van der Waals surface area contributed by atoms with Crippen LogP contribution in [0.5, 0.6) is 0 Å². The van der Waals surface area contributed by atoms with Gasteiger partial charge < -0.3 is 10.4 Å². The molecule has 0 atom stereocenters. The van der Waals surface area contributed by atoms with Gasteiger partial charge in [-0.3, -0.25) is 0 Å². The zero-order valence-electron chi connectivity index (χ0n) is 9.29. The molecule has 1 aromatic heterocycles. The third-order valence-electron chi connectivity index (χ3n) is 2.90. The molecule has 1 saturated carbocycles. The molecule has 1 heterocycles. The molecule has 1 aromatic rings. The SMILES string of the molecule is O=C(O)c1cc(NC2CCC2)ncc1C(F)(F)F. The van der Waals surface area contributed by atoms with Crippen molar-refractivity contribution in [2.24, 2.45) is 0 Å². The van der Waals surface area contributed by atoms with Crippen LogP contribution >= 0.6 is 0 Å². The lowest BCUT2D eigenvalue weighted by Gasteiger charge is -2.27. The molecule has 1 fully saturated rings. The highest BCUT2D eigenvalue weighted by Crippen LogP contribution is 2.33. The third-order valence-corrected chi connectivity index (χ3v) is 2.90. The van der Waals surface area contributed by atoms with Crippen molar-refractivity contribution in [1.82, 2.24) is 4.98 Å². The average molecular weight is 260 g/mol. The second-order valence-electron chi connectivity index (χ2n) is 4.19. The van der Waals surface area contributed by atoms with Gasteiger partial charge in [0.25, 0.3) is 0 Å². The fourth-order valence-corrected chi connectivity index (χ4v) is 1.70. The van der Waals surface area contributed by atoms with Crippen LogP contribution in [-0.2, 0) is 6.18 Å². The van der Waals surface area contributed by atoms with Gasteiger partial charge in [-0.2, -0.15) is 13.2 Å². The van der Waals surface area contributed by atoms with Crippen molar-refractivity contribution in [3.8, 4) is 0 Å². The number of nitrogens with zero attached hydrogens (tertiary/aromatic N) is 1. The van der Waals surface area contributed by atoms with Gasteiger partial charge in [0.05, 0.1) is 11.1 Å². The minimum absolute atomic E-state index is 0.171. The first-order valence-electron chi connectivity index (χ1n) is 5.45. The molecule has 0 aliphatic heterocycles. The van der Waals surface area contributed by atoms with E-state index < -0.39 is 23.3 Å². The summed E-state index contributed by atoms with van der Waals surface area (Å²) in [6.45, 7) is 0. The summed E-state index contributed by atoms with van der Waals surface area (Å²) in [6, 6.07) is 1.11. The Hall–Kier alpha value is -1.79. The first-order chi connectivity index (χ1) is 8.38. The molecule has 2 N–H and O–H groups in total. The lowest BCUT2D eigenvalue weighted by Crippen LogP contribution is -2.27. The Bertz CT molecular complexity index is 470. The van der Waals surface area contributed by atoms with Crippen molar-refractivity contribution < 1.29 is 23.1 Å². The summed E-state index contributed by atoms with van der Waals surface area (Å²) in [5.74, 6) is -1.44. The highest BCUT2D eigenvalue weighted by Gasteiger charge is 2.36. The Morgan fingerprint density at radius 1 is 1.44 bits per heavy atom. The number of halogens is 3. The Balaban J connectivity index is 2.30. The molecular weight excluding hydrogens is 249 g/mol. The topological polar surface area (TPSA) is 62.2 Å². The fraction of sp³-hybridized carbons (Fsp3) is 0.455. The Kier molecular flexibility index (Phi) is 3.14. The lowest BCUT2D eigenvalue weighted by molar-refractivity contribution is -0.138. The highest BCUT2D eigenvalue weighted by atomic mass is 19.4. The summed E-state index contributed by atoms with van der Waals surface area (Å²) in [4.78, 5) is 14.4. The normalized spacial score (nSPS) is 16.2. The first-order valence-corrected chi connectivity index (χ1v) is 5.45. The van der Waals surface area contributed by atoms with Crippen LogP contribution in [0.3, 0.4) is 0 Å². The van der Waals surface area contributed by atoms with Gasteiger partial charge in [-0.1, -0.05) is 0 Å². The maximum Gasteiger partial charge on any atom is 0.418 e. The number of carbonyl (C=O) groups is 1. The zero-order valence-corrected chi connectivity index (χ0v) is 9.29. The number of rotatable bonds is 3. The molecule has 0 aromatic carbocycles. The van der Waals surface area contributed by atoms with Crippen LogP contribution in [0.15, 0.2) is 12.3 Å². The molecule has 0 saturated heterocycles. The monoisotopic (exact) mass is 260 g/mol. The second-order valence-corrected chi connectivity index (χ2v) is 4.19. The number of carboxylic acid groups (broad SMARTS) is 1. The molecule has 0 unspecified atom stereocenters. The van der Waals surface area contributed by atoms with E-state index in [2.05, 4.69) is 10.3 Å². The lowest BCUT2D eigenvalue weighted by atomic mass is 9.93. The van der Waals surface area contributed by atoms with E-state index in [-0.39, 0.29) is 11.9 Å². The average Bonchev–Trinajstić information content (AvgIpc) is 2.21. The predicted octanol–water partition coefficient (Wildman–Crippen LogP) is 2.76. The van der Waals surface area contributed by atoms with E-state index in [0.29, 0.717) is 6.20 Å². The summed E-state index contributed by atoms with van der Waals surface area (Å²) in [7, 11) is 0. The van der Waals surface area contributed by atoms with E-state index in [0.717, 1.165) is 25.3 Å². The van der Waals surface area contributed by atoms with Gasteiger partial charge in [-0.05, 0) is 25.3 Å². The summed E-state index contributed by atoms with van der Waals surface area (Å²) in [5, 5.41) is 11.7. The standard InChI is InChI=1S/C11H11F3N2O2/c12-11(13,14)8-5-15-9(4-7(8)10(17)18)16-6-2-1-3-6/h4-6H,1-3H2,(H,15,16)(H,17,18). The maximum atomic E-state index is 12.6. The van der Waals surface area contributed by atoms with Crippen molar-refractivity contribution >= 4 is 11.8 Å². The van der Waals surface area contributed by atoms with Crippen LogP contribution in [0.2, 0.25) is 0 Å². The fourth-order valence-electron chi connectivity index (χ4n) is 1.70. The molecule has 4 nitrogen and oxygen atoms in total. The third kappa shape index (κ3) is 2.55. The van der Waals surface area contributed by atoms with Gasteiger partial charge in [0.1, 0.15) is 5.82 Å². The summed E-state index contributed by atoms with van der Waals surface area (Å²) < 4.78 is 37.7. The molecule has 98 valence electrons. The quantitative estimate of drug-likeness (QED) is 0.877. The van der Waals surface area contributed by atoms with Crippen molar-refractivity contribution in [1.29, 1.82) is 0 Å². The van der Waals surface area contributed by atoms with Crippen molar-refractivity contribution in [3.63, 3.8) is 0 Å². The minimum Gasteiger partial charge on any atom is -0.478 e. The van der Waals surface area contributed by atoms with E-state index in [1.807, 2.05) is 0 Å². The summed E-state index contributed by atoms with van der Waals surface area (Å²) >= 11 is 0. The molecule has 0 amide bonds. The molecule has 1 aliphatic rings. The van der Waals surface area contributed by atoms with Gasteiger partial charge in [0, 0.05) is 12.2 Å². The van der Waals surface area contributed by atoms with E-state index in [9.17, 15) is 18.0 Å². The van der Waals surface area contributed by atoms with E-state index in [4.69, 9.17) is 5.11 Å². The number of aromatic nitrogens is 1. The number of alkyl halides is 3. The van der Waals surface area contributed by atoms with E-state index >= 15 is 0 Å². The van der Waals surface area contributed by atoms with E-state index in [1.54, 1.807) is 0 Å². The van der Waals surface area contributed by atoms with Gasteiger partial charge in [-0.25, -0.2) is 9.78 Å². The Morgan fingerprint density at radius 3 is 2.56 bits per heavy atom. The number of hydrogen-bond donors (Lipinski definition) is 2. The first kappa shape index (κ1) is 12.7. The number of hydrogen-bond acceptors (Lipinski definition) is 3. The second kappa shape index (κ2) is 4.47. The van der Waals surface area contributed by atoms with Gasteiger partial charge in [-0.15, -0.1) is 0 Å². The Morgan fingerprint density at radius 2 is 2.11 bits per heavy atom. The molecule has 0 radical (unpaired) electrons. The minimum atomic E-state index is -4.71. The molecule has 7 heteroatoms. The van der Waals surface area contributed by atoms with Crippen LogP contribution in [0.1, 0.15) is 35.2 Å². The van der Waals surface area contributed by atoms with Crippen LogP contribution < -0.4 is 5.32 Å². The Labute approximate surface area is 101 Å². The highest BCUT2D eigenvalue weighted by molar-refractivity contribution is 5.90. The van der Waals surface area contributed by atoms with Crippen LogP contribution in [0.25, 0.3) is 0 Å². The molecule has 18 heavy (non-hydrogen) atoms. The summed E-state index contributed by atoms with van der Waals surface area (Å²) in [6.07, 6.45) is -1.25. The van der Waals surface area contributed by atoms with Gasteiger partial charge in [0.15, 0.2) is 0 Å². The van der Waals surface area contributed by atoms with E-state index in [1.165, 1.54) is 0 Å². The molecular formula is C11H11F3N2O2. The molecule has 0 bridgehead atoms. The number of aromatic carboxylic acids is 1. The van der Waals surface area contributed by atoms with Crippen LogP contribution in [0, 0.1) is 0 Å². The maximum absolute atomic E-state index is 12.6. The largest absolute Gasteiger partial charge is 0.478 e. The van der Waals surface area contributed by atoms with Crippen LogP contribution in [-0.4, -0.2) is 22.1 Å². The molecule has 0 spiro atoms. The smallest absolute Gasteiger partial charge is 0.418 e. The number of pyridine rings is 1. The van der Waals surface area contributed by atoms with Crippen molar-refractivity contribution in [3.05, 3.63) is 23.4 Å². The van der Waals surface area contributed by atoms with Gasteiger partial charge in [0.2, 0.25) is 0 Å². The number of anilines is 1. The molecule has 1 aliphatic carbocycles. The molecule has 2 rings (SSSR count).